The third-order valence-corrected chi connectivity index (χ3v) is 2.34. The summed E-state index contributed by atoms with van der Waals surface area (Å²) in [5.74, 6) is -0.634. The predicted octanol–water partition coefficient (Wildman–Crippen LogP) is 0.927. The molecule has 2 rings (SSSR count). The van der Waals surface area contributed by atoms with Gasteiger partial charge < -0.3 is 9.84 Å². The largest absolute Gasteiger partial charge is 0.490 e. The van der Waals surface area contributed by atoms with Crippen LogP contribution in [0.1, 0.15) is 16.1 Å². The van der Waals surface area contributed by atoms with Gasteiger partial charge in [-0.25, -0.2) is 9.48 Å². The monoisotopic (exact) mass is 258 g/mol. The minimum atomic E-state index is -1.12. The summed E-state index contributed by atoms with van der Waals surface area (Å²) in [6, 6.07) is 8.91. The minimum absolute atomic E-state index is 0.113. The Morgan fingerprint density at radius 3 is 2.95 bits per heavy atom. The first-order chi connectivity index (χ1) is 9.20. The lowest BCUT2D eigenvalue weighted by Crippen LogP contribution is -2.09. The number of benzene rings is 1. The van der Waals surface area contributed by atoms with Gasteiger partial charge in [0.15, 0.2) is 5.69 Å². The van der Waals surface area contributed by atoms with E-state index in [2.05, 4.69) is 10.3 Å². The maximum Gasteiger partial charge on any atom is 0.358 e. The molecule has 7 heteroatoms. The van der Waals surface area contributed by atoms with Crippen LogP contribution in [0.5, 0.6) is 5.75 Å². The fourth-order valence-electron chi connectivity index (χ4n) is 1.44. The van der Waals surface area contributed by atoms with Gasteiger partial charge in [0, 0.05) is 0 Å². The van der Waals surface area contributed by atoms with Gasteiger partial charge in [0.1, 0.15) is 18.4 Å². The summed E-state index contributed by atoms with van der Waals surface area (Å²) >= 11 is 0. The van der Waals surface area contributed by atoms with Gasteiger partial charge in [0.05, 0.1) is 18.3 Å². The highest BCUT2D eigenvalue weighted by atomic mass is 16.5. The van der Waals surface area contributed by atoms with Crippen LogP contribution in [-0.4, -0.2) is 32.7 Å². The lowest BCUT2D eigenvalue weighted by molar-refractivity contribution is 0.0690. The molecule has 0 radical (unpaired) electrons. The molecule has 0 atom stereocenters. The van der Waals surface area contributed by atoms with Crippen LogP contribution in [0, 0.1) is 11.3 Å². The van der Waals surface area contributed by atoms with Crippen molar-refractivity contribution in [2.45, 2.75) is 6.54 Å². The number of carbonyl (C=O) groups is 1. The van der Waals surface area contributed by atoms with Crippen LogP contribution in [0.2, 0.25) is 0 Å². The van der Waals surface area contributed by atoms with Crippen molar-refractivity contribution in [3.05, 3.63) is 41.7 Å². The molecule has 1 heterocycles. The first kappa shape index (κ1) is 12.6. The lowest BCUT2D eigenvalue weighted by Gasteiger charge is -2.06. The Morgan fingerprint density at radius 1 is 1.47 bits per heavy atom. The number of rotatable bonds is 5. The second-order valence-electron chi connectivity index (χ2n) is 3.63. The fourth-order valence-corrected chi connectivity index (χ4v) is 1.44. The number of aromatic carboxylic acids is 1. The van der Waals surface area contributed by atoms with Crippen molar-refractivity contribution in [3.8, 4) is 11.8 Å². The van der Waals surface area contributed by atoms with Crippen LogP contribution >= 0.6 is 0 Å². The van der Waals surface area contributed by atoms with Crippen molar-refractivity contribution in [2.24, 2.45) is 0 Å². The number of hydrogen-bond acceptors (Lipinski definition) is 5. The van der Waals surface area contributed by atoms with Crippen LogP contribution in [0.4, 0.5) is 0 Å². The molecule has 0 aliphatic heterocycles. The van der Waals surface area contributed by atoms with E-state index in [0.717, 1.165) is 0 Å². The number of aromatic nitrogens is 3. The van der Waals surface area contributed by atoms with E-state index in [1.54, 1.807) is 24.3 Å². The van der Waals surface area contributed by atoms with Crippen molar-refractivity contribution in [1.82, 2.24) is 15.0 Å². The first-order valence-corrected chi connectivity index (χ1v) is 5.46. The Bertz CT molecular complexity index is 630. The van der Waals surface area contributed by atoms with E-state index >= 15 is 0 Å². The average molecular weight is 258 g/mol. The molecule has 2 aromatic rings. The molecule has 7 nitrogen and oxygen atoms in total. The summed E-state index contributed by atoms with van der Waals surface area (Å²) in [7, 11) is 0. The number of nitrogens with zero attached hydrogens (tertiary/aromatic N) is 4. The molecule has 0 unspecified atom stereocenters. The molecule has 1 aromatic carbocycles. The number of carboxylic acids is 1. The van der Waals surface area contributed by atoms with E-state index in [0.29, 0.717) is 17.9 Å². The van der Waals surface area contributed by atoms with E-state index in [9.17, 15) is 4.79 Å². The minimum Gasteiger partial charge on any atom is -0.490 e. The van der Waals surface area contributed by atoms with Gasteiger partial charge in [-0.05, 0) is 12.1 Å². The summed E-state index contributed by atoms with van der Waals surface area (Å²) in [6.07, 6.45) is 1.32. The van der Waals surface area contributed by atoms with Crippen molar-refractivity contribution in [2.75, 3.05) is 6.61 Å². The van der Waals surface area contributed by atoms with Crippen molar-refractivity contribution in [3.63, 3.8) is 0 Å². The first-order valence-electron chi connectivity index (χ1n) is 5.46. The van der Waals surface area contributed by atoms with E-state index in [1.807, 2.05) is 6.07 Å². The van der Waals surface area contributed by atoms with E-state index in [-0.39, 0.29) is 12.3 Å². The highest BCUT2D eigenvalue weighted by molar-refractivity contribution is 5.84. The van der Waals surface area contributed by atoms with Gasteiger partial charge in [0.25, 0.3) is 0 Å². The van der Waals surface area contributed by atoms with Gasteiger partial charge in [-0.2, -0.15) is 5.26 Å². The molecule has 0 spiro atoms. The maximum absolute atomic E-state index is 10.6. The molecule has 0 aliphatic carbocycles. The Kier molecular flexibility index (Phi) is 3.73. The van der Waals surface area contributed by atoms with Crippen molar-refractivity contribution < 1.29 is 14.6 Å². The molecular formula is C12H10N4O3. The molecule has 0 bridgehead atoms. The summed E-state index contributed by atoms with van der Waals surface area (Å²) in [6.45, 7) is 0.612. The average Bonchev–Trinajstić information content (AvgIpc) is 2.88. The summed E-state index contributed by atoms with van der Waals surface area (Å²) in [4.78, 5) is 10.6. The van der Waals surface area contributed by atoms with Gasteiger partial charge >= 0.3 is 5.97 Å². The van der Waals surface area contributed by atoms with Gasteiger partial charge in [0.2, 0.25) is 0 Å². The van der Waals surface area contributed by atoms with Crippen LogP contribution < -0.4 is 4.74 Å². The van der Waals surface area contributed by atoms with Crippen LogP contribution in [0.3, 0.4) is 0 Å². The topological polar surface area (TPSA) is 101 Å². The number of nitriles is 1. The zero-order valence-electron chi connectivity index (χ0n) is 9.85. The summed E-state index contributed by atoms with van der Waals surface area (Å²) in [5, 5.41) is 24.7. The van der Waals surface area contributed by atoms with Gasteiger partial charge in [-0.3, -0.25) is 0 Å². The van der Waals surface area contributed by atoms with Crippen LogP contribution in [0.25, 0.3) is 0 Å². The number of carboxylic acid groups (broad SMARTS) is 1. The summed E-state index contributed by atoms with van der Waals surface area (Å²) < 4.78 is 6.82. The van der Waals surface area contributed by atoms with Gasteiger partial charge in [-0.1, -0.05) is 17.3 Å². The van der Waals surface area contributed by atoms with E-state index < -0.39 is 5.97 Å². The third-order valence-electron chi connectivity index (χ3n) is 2.34. The standard InChI is InChI=1S/C12H10N4O3/c13-7-9-3-1-2-4-11(9)19-6-5-16-8-10(12(17)18)14-15-16/h1-4,8H,5-6H2,(H,17,18). The second-order valence-corrected chi connectivity index (χ2v) is 3.63. The van der Waals surface area contributed by atoms with Crippen molar-refractivity contribution in [1.29, 1.82) is 5.26 Å². The predicted molar refractivity (Wildman–Crippen MR) is 63.6 cm³/mol. The third kappa shape index (κ3) is 3.07. The lowest BCUT2D eigenvalue weighted by atomic mass is 10.2. The normalized spacial score (nSPS) is 9.84. The molecule has 96 valence electrons. The Labute approximate surface area is 108 Å². The van der Waals surface area contributed by atoms with Crippen LogP contribution in [-0.2, 0) is 6.54 Å². The Balaban J connectivity index is 1.93. The summed E-state index contributed by atoms with van der Waals surface area (Å²) in [5.41, 5.74) is 0.338. The molecule has 0 aliphatic rings. The zero-order valence-corrected chi connectivity index (χ0v) is 9.85. The molecule has 0 saturated carbocycles. The molecule has 0 fully saturated rings. The SMILES string of the molecule is N#Cc1ccccc1OCCn1cc(C(=O)O)nn1. The molecule has 0 amide bonds. The molecule has 19 heavy (non-hydrogen) atoms. The number of ether oxygens (including phenoxy) is 1. The highest BCUT2D eigenvalue weighted by Gasteiger charge is 2.08. The second kappa shape index (κ2) is 5.64. The van der Waals surface area contributed by atoms with Crippen LogP contribution in [0.15, 0.2) is 30.5 Å². The molecular weight excluding hydrogens is 248 g/mol. The molecule has 1 N–H and O–H groups in total. The number of para-hydroxylation sites is 1. The molecule has 0 saturated heterocycles. The van der Waals surface area contributed by atoms with Gasteiger partial charge in [-0.15, -0.1) is 5.10 Å². The number of hydrogen-bond donors (Lipinski definition) is 1. The Hall–Kier alpha value is -2.88. The zero-order chi connectivity index (χ0) is 13.7. The Morgan fingerprint density at radius 2 is 2.26 bits per heavy atom. The maximum atomic E-state index is 10.6. The molecule has 1 aromatic heterocycles. The highest BCUT2D eigenvalue weighted by Crippen LogP contribution is 2.16. The smallest absolute Gasteiger partial charge is 0.358 e. The van der Waals surface area contributed by atoms with E-state index in [1.165, 1.54) is 10.9 Å². The van der Waals surface area contributed by atoms with Crippen molar-refractivity contribution >= 4 is 5.97 Å². The fraction of sp³-hybridized carbons (Fsp3) is 0.167. The van der Waals surface area contributed by atoms with E-state index in [4.69, 9.17) is 15.1 Å². The quantitative estimate of drug-likeness (QED) is 0.855.